The molecule has 2 amide bonds. The first-order chi connectivity index (χ1) is 11.5. The molecule has 0 saturated heterocycles. The summed E-state index contributed by atoms with van der Waals surface area (Å²) < 4.78 is 5.11. The summed E-state index contributed by atoms with van der Waals surface area (Å²) in [7, 11) is 1.48. The number of anilines is 1. The van der Waals surface area contributed by atoms with E-state index in [-0.39, 0.29) is 0 Å². The van der Waals surface area contributed by atoms with Crippen LogP contribution in [0.15, 0.2) is 53.6 Å². The molecule has 124 valence electrons. The molecule has 0 unspecified atom stereocenters. The highest BCUT2D eigenvalue weighted by Crippen LogP contribution is 2.22. The summed E-state index contributed by atoms with van der Waals surface area (Å²) in [4.78, 5) is 23.8. The van der Waals surface area contributed by atoms with Crippen molar-refractivity contribution in [1.82, 2.24) is 5.43 Å². The van der Waals surface area contributed by atoms with E-state index >= 15 is 0 Å². The Morgan fingerprint density at radius 1 is 1.04 bits per heavy atom. The van der Waals surface area contributed by atoms with Gasteiger partial charge in [0, 0.05) is 5.02 Å². The molecule has 2 N–H and O–H groups in total. The summed E-state index contributed by atoms with van der Waals surface area (Å²) >= 11 is 5.81. The van der Waals surface area contributed by atoms with Crippen LogP contribution in [0.3, 0.4) is 0 Å². The molecule has 0 aromatic heterocycles. The third-order valence-corrected chi connectivity index (χ3v) is 3.40. The number of hydrazone groups is 1. The van der Waals surface area contributed by atoms with Crippen LogP contribution in [0.4, 0.5) is 5.69 Å². The molecule has 0 heterocycles. The van der Waals surface area contributed by atoms with Crippen LogP contribution in [-0.2, 0) is 9.59 Å². The van der Waals surface area contributed by atoms with Crippen molar-refractivity contribution in [1.29, 1.82) is 0 Å². The number of carbonyl (C=O) groups excluding carboxylic acids is 2. The molecule has 6 nitrogen and oxygen atoms in total. The zero-order chi connectivity index (χ0) is 17.5. The van der Waals surface area contributed by atoms with Crippen molar-refractivity contribution in [2.24, 2.45) is 5.10 Å². The number of nitrogens with one attached hydrogen (secondary N) is 2. The van der Waals surface area contributed by atoms with E-state index in [0.29, 0.717) is 22.2 Å². The van der Waals surface area contributed by atoms with Crippen molar-refractivity contribution < 1.29 is 14.3 Å². The van der Waals surface area contributed by atoms with Gasteiger partial charge in [0.15, 0.2) is 0 Å². The average Bonchev–Trinajstić information content (AvgIpc) is 2.60. The van der Waals surface area contributed by atoms with E-state index in [0.717, 1.165) is 5.56 Å². The summed E-state index contributed by atoms with van der Waals surface area (Å²) in [5.41, 5.74) is 3.95. The number of amides is 2. The van der Waals surface area contributed by atoms with Gasteiger partial charge in [-0.05, 0) is 36.8 Å². The molecule has 0 radical (unpaired) electrons. The van der Waals surface area contributed by atoms with Crippen LogP contribution in [0.5, 0.6) is 5.75 Å². The lowest BCUT2D eigenvalue weighted by Gasteiger charge is -2.09. The quantitative estimate of drug-likeness (QED) is 0.508. The van der Waals surface area contributed by atoms with Crippen LogP contribution in [0, 0.1) is 0 Å². The largest absolute Gasteiger partial charge is 0.495 e. The van der Waals surface area contributed by atoms with Crippen LogP contribution in [-0.4, -0.2) is 24.6 Å². The summed E-state index contributed by atoms with van der Waals surface area (Å²) in [6.07, 6.45) is 0. The molecule has 0 atom stereocenters. The first-order valence-electron chi connectivity index (χ1n) is 7.06. The number of nitrogens with zero attached hydrogens (tertiary/aromatic N) is 1. The van der Waals surface area contributed by atoms with E-state index in [1.807, 2.05) is 0 Å². The zero-order valence-electron chi connectivity index (χ0n) is 13.2. The van der Waals surface area contributed by atoms with E-state index < -0.39 is 11.8 Å². The second kappa shape index (κ2) is 8.12. The first kappa shape index (κ1) is 17.5. The molecule has 0 spiro atoms. The predicted molar refractivity (Wildman–Crippen MR) is 93.4 cm³/mol. The Labute approximate surface area is 144 Å². The van der Waals surface area contributed by atoms with Crippen LogP contribution < -0.4 is 15.5 Å². The predicted octanol–water partition coefficient (Wildman–Crippen LogP) is 2.83. The maximum atomic E-state index is 11.9. The molecule has 24 heavy (non-hydrogen) atoms. The Morgan fingerprint density at radius 2 is 1.71 bits per heavy atom. The monoisotopic (exact) mass is 345 g/mol. The van der Waals surface area contributed by atoms with E-state index in [9.17, 15) is 9.59 Å². The molecule has 7 heteroatoms. The summed E-state index contributed by atoms with van der Waals surface area (Å²) in [6, 6.07) is 13.7. The third-order valence-electron chi connectivity index (χ3n) is 3.15. The van der Waals surface area contributed by atoms with Gasteiger partial charge in [-0.15, -0.1) is 0 Å². The Kier molecular flexibility index (Phi) is 5.92. The van der Waals surface area contributed by atoms with Crippen LogP contribution in [0.25, 0.3) is 0 Å². The molecule has 0 bridgehead atoms. The Bertz CT molecular complexity index is 773. The van der Waals surface area contributed by atoms with Gasteiger partial charge >= 0.3 is 11.8 Å². The van der Waals surface area contributed by atoms with E-state index in [2.05, 4.69) is 15.8 Å². The molecule has 2 aromatic carbocycles. The molecular formula is C17H16ClN3O3. The Hall–Kier alpha value is -2.86. The Balaban J connectivity index is 2.00. The summed E-state index contributed by atoms with van der Waals surface area (Å²) in [6.45, 7) is 1.71. The lowest BCUT2D eigenvalue weighted by Crippen LogP contribution is -2.33. The lowest BCUT2D eigenvalue weighted by molar-refractivity contribution is -0.136. The fourth-order valence-corrected chi connectivity index (χ4v) is 1.99. The molecule has 0 saturated carbocycles. The molecule has 0 aliphatic carbocycles. The van der Waals surface area contributed by atoms with Crippen LogP contribution in [0.1, 0.15) is 12.5 Å². The summed E-state index contributed by atoms with van der Waals surface area (Å²) in [5.74, 6) is -1.26. The minimum Gasteiger partial charge on any atom is -0.495 e. The normalized spacial score (nSPS) is 10.9. The average molecular weight is 346 g/mol. The van der Waals surface area contributed by atoms with Crippen LogP contribution >= 0.6 is 11.6 Å². The van der Waals surface area contributed by atoms with Gasteiger partial charge in [-0.1, -0.05) is 35.9 Å². The number of ether oxygens (including phenoxy) is 1. The lowest BCUT2D eigenvalue weighted by atomic mass is 10.1. The molecule has 0 aliphatic heterocycles. The van der Waals surface area contributed by atoms with Gasteiger partial charge in [-0.3, -0.25) is 9.59 Å². The van der Waals surface area contributed by atoms with Gasteiger partial charge in [0.1, 0.15) is 5.75 Å². The molecule has 2 rings (SSSR count). The van der Waals surface area contributed by atoms with Gasteiger partial charge < -0.3 is 10.1 Å². The fourth-order valence-electron chi connectivity index (χ4n) is 1.87. The summed E-state index contributed by atoms with van der Waals surface area (Å²) in [5, 5.41) is 6.98. The maximum absolute atomic E-state index is 11.9. The van der Waals surface area contributed by atoms with Crippen molar-refractivity contribution in [3.8, 4) is 5.75 Å². The number of hydrogen-bond donors (Lipinski definition) is 2. The van der Waals surface area contributed by atoms with Crippen molar-refractivity contribution >= 4 is 34.8 Å². The smallest absolute Gasteiger partial charge is 0.329 e. The maximum Gasteiger partial charge on any atom is 0.329 e. The van der Waals surface area contributed by atoms with Gasteiger partial charge in [-0.25, -0.2) is 5.43 Å². The topological polar surface area (TPSA) is 79.8 Å². The molecule has 2 aromatic rings. The molecular weight excluding hydrogens is 330 g/mol. The second-order valence-electron chi connectivity index (χ2n) is 4.80. The SMILES string of the molecule is COc1ccccc1NC(=O)C(=O)NN=C(C)c1ccc(Cl)cc1. The number of carbonyl (C=O) groups is 2. The van der Waals surface area contributed by atoms with E-state index in [1.54, 1.807) is 55.5 Å². The highest BCUT2D eigenvalue weighted by Gasteiger charge is 2.15. The number of para-hydroxylation sites is 2. The van der Waals surface area contributed by atoms with E-state index in [1.165, 1.54) is 7.11 Å². The van der Waals surface area contributed by atoms with E-state index in [4.69, 9.17) is 16.3 Å². The minimum atomic E-state index is -0.880. The number of halogens is 1. The third kappa shape index (κ3) is 4.57. The highest BCUT2D eigenvalue weighted by atomic mass is 35.5. The van der Waals surface area contributed by atoms with Gasteiger partial charge in [0.2, 0.25) is 0 Å². The highest BCUT2D eigenvalue weighted by molar-refractivity contribution is 6.39. The molecule has 0 fully saturated rings. The number of methoxy groups -OCH3 is 1. The number of hydrogen-bond acceptors (Lipinski definition) is 4. The number of benzene rings is 2. The first-order valence-corrected chi connectivity index (χ1v) is 7.43. The van der Waals surface area contributed by atoms with Gasteiger partial charge in [-0.2, -0.15) is 5.10 Å². The fraction of sp³-hybridized carbons (Fsp3) is 0.118. The van der Waals surface area contributed by atoms with Crippen LogP contribution in [0.2, 0.25) is 5.02 Å². The zero-order valence-corrected chi connectivity index (χ0v) is 13.9. The van der Waals surface area contributed by atoms with Gasteiger partial charge in [0.25, 0.3) is 0 Å². The molecule has 0 aliphatic rings. The minimum absolute atomic E-state index is 0.401. The van der Waals surface area contributed by atoms with Crippen molar-refractivity contribution in [3.05, 3.63) is 59.1 Å². The van der Waals surface area contributed by atoms with Crippen molar-refractivity contribution in [2.75, 3.05) is 12.4 Å². The second-order valence-corrected chi connectivity index (χ2v) is 5.24. The van der Waals surface area contributed by atoms with Crippen molar-refractivity contribution in [2.45, 2.75) is 6.92 Å². The number of rotatable bonds is 4. The Morgan fingerprint density at radius 3 is 2.38 bits per heavy atom. The van der Waals surface area contributed by atoms with Crippen molar-refractivity contribution in [3.63, 3.8) is 0 Å². The standard InChI is InChI=1S/C17H16ClN3O3/c1-11(12-7-9-13(18)10-8-12)20-21-17(23)16(22)19-14-5-3-4-6-15(14)24-2/h3-10H,1-2H3,(H,19,22)(H,21,23). The van der Waals surface area contributed by atoms with Gasteiger partial charge in [0.05, 0.1) is 18.5 Å².